The number of nitrogens with zero attached hydrogens (tertiary/aromatic N) is 3. The number of amides is 1. The molecule has 0 aromatic heterocycles. The minimum atomic E-state index is -0.984. The van der Waals surface area contributed by atoms with E-state index < -0.39 is 29.1 Å². The summed E-state index contributed by atoms with van der Waals surface area (Å²) in [6.07, 6.45) is 1.52. The van der Waals surface area contributed by atoms with Crippen molar-refractivity contribution in [3.05, 3.63) is 37.4 Å². The SMILES string of the molecule is NSc1cc2c(cc1Cl)NC1(CCN(C(=O)CCC(CO[N+](=O)[O-])C[N+](=O)[O-])CC1)NS2. The number of likely N-dealkylation sites (tertiary alicyclic amines) is 1. The summed E-state index contributed by atoms with van der Waals surface area (Å²) >= 11 is 8.86. The Labute approximate surface area is 197 Å². The van der Waals surface area contributed by atoms with Gasteiger partial charge in [0.25, 0.3) is 5.09 Å². The summed E-state index contributed by atoms with van der Waals surface area (Å²) < 4.78 is 3.44. The van der Waals surface area contributed by atoms with Crippen LogP contribution in [0.2, 0.25) is 5.02 Å². The van der Waals surface area contributed by atoms with E-state index >= 15 is 0 Å². The largest absolute Gasteiger partial charge is 0.365 e. The topological polar surface area (TPSA) is 166 Å². The van der Waals surface area contributed by atoms with Gasteiger partial charge >= 0.3 is 0 Å². The van der Waals surface area contributed by atoms with Crippen molar-refractivity contribution in [3.8, 4) is 0 Å². The van der Waals surface area contributed by atoms with Gasteiger partial charge in [-0.1, -0.05) is 11.6 Å². The summed E-state index contributed by atoms with van der Waals surface area (Å²) in [6.45, 7) is 0.123. The molecule has 4 N–H and O–H groups in total. The Morgan fingerprint density at radius 1 is 1.38 bits per heavy atom. The molecule has 1 fully saturated rings. The van der Waals surface area contributed by atoms with Crippen molar-refractivity contribution in [2.45, 2.75) is 41.1 Å². The molecule has 1 saturated heterocycles. The van der Waals surface area contributed by atoms with Gasteiger partial charge < -0.3 is 15.1 Å². The highest BCUT2D eigenvalue weighted by Gasteiger charge is 2.39. The van der Waals surface area contributed by atoms with Gasteiger partial charge in [-0.3, -0.25) is 20.0 Å². The lowest BCUT2D eigenvalue weighted by Gasteiger charge is -2.45. The highest BCUT2D eigenvalue weighted by Crippen LogP contribution is 2.42. The zero-order chi connectivity index (χ0) is 23.3. The number of fused-ring (bicyclic) bond motifs is 1. The van der Waals surface area contributed by atoms with Crippen LogP contribution in [0.5, 0.6) is 0 Å². The number of hydrogen-bond acceptors (Lipinski definition) is 11. The van der Waals surface area contributed by atoms with Gasteiger partial charge in [-0.15, -0.1) is 10.1 Å². The number of benzene rings is 1. The third-order valence-corrected chi connectivity index (χ3v) is 7.52. The molecule has 12 nitrogen and oxygen atoms in total. The Morgan fingerprint density at radius 2 is 2.09 bits per heavy atom. The molecule has 15 heteroatoms. The van der Waals surface area contributed by atoms with Gasteiger partial charge in [-0.2, -0.15) is 0 Å². The number of halogens is 1. The van der Waals surface area contributed by atoms with Crippen molar-refractivity contribution in [3.63, 3.8) is 0 Å². The van der Waals surface area contributed by atoms with Crippen LogP contribution in [0, 0.1) is 26.1 Å². The molecule has 1 aromatic carbocycles. The summed E-state index contributed by atoms with van der Waals surface area (Å²) in [4.78, 5) is 40.9. The molecule has 0 bridgehead atoms. The third-order valence-electron chi connectivity index (χ3n) is 5.45. The molecule has 1 aromatic rings. The molecule has 2 aliphatic rings. The van der Waals surface area contributed by atoms with Crippen LogP contribution in [0.4, 0.5) is 5.69 Å². The van der Waals surface area contributed by atoms with Crippen LogP contribution in [-0.4, -0.2) is 52.7 Å². The van der Waals surface area contributed by atoms with Crippen LogP contribution < -0.4 is 15.2 Å². The van der Waals surface area contributed by atoms with Crippen molar-refractivity contribution < 1.29 is 19.6 Å². The number of anilines is 1. The Balaban J connectivity index is 1.52. The summed E-state index contributed by atoms with van der Waals surface area (Å²) in [6, 6.07) is 3.77. The van der Waals surface area contributed by atoms with Crippen molar-refractivity contribution in [1.29, 1.82) is 0 Å². The second-order valence-electron chi connectivity index (χ2n) is 7.63. The van der Waals surface area contributed by atoms with Crippen LogP contribution >= 0.6 is 35.5 Å². The lowest BCUT2D eigenvalue weighted by molar-refractivity contribution is -0.760. The zero-order valence-corrected chi connectivity index (χ0v) is 19.3. The summed E-state index contributed by atoms with van der Waals surface area (Å²) in [5.41, 5.74) is 0.521. The number of nitrogens with two attached hydrogens (primary N) is 1. The Kier molecular flexibility index (Phi) is 8.27. The highest BCUT2D eigenvalue weighted by atomic mass is 35.5. The summed E-state index contributed by atoms with van der Waals surface area (Å²) in [5, 5.41) is 29.9. The van der Waals surface area contributed by atoms with E-state index in [9.17, 15) is 25.0 Å². The van der Waals surface area contributed by atoms with Gasteiger partial charge in [0, 0.05) is 53.0 Å². The van der Waals surface area contributed by atoms with Crippen molar-refractivity contribution >= 4 is 47.1 Å². The number of carbonyl (C=O) groups is 1. The van der Waals surface area contributed by atoms with E-state index in [2.05, 4.69) is 14.9 Å². The standard InChI is InChI=1S/C17H23ClN6O6S2/c18-12-7-13-15(8-14(12)31-19)32-21-17(20-13)3-5-22(6-4-17)16(25)2-1-11(9-23(26)27)10-30-24(28)29/h7-8,11,20-21H,1-6,9-10,19H2. The van der Waals surface area contributed by atoms with Crippen molar-refractivity contribution in [1.82, 2.24) is 9.62 Å². The average molecular weight is 507 g/mol. The lowest BCUT2D eigenvalue weighted by Crippen LogP contribution is -2.58. The molecule has 0 radical (unpaired) electrons. The van der Waals surface area contributed by atoms with Crippen LogP contribution in [0.15, 0.2) is 21.9 Å². The lowest BCUT2D eigenvalue weighted by atomic mass is 9.96. The average Bonchev–Trinajstić information content (AvgIpc) is 2.75. The van der Waals surface area contributed by atoms with Gasteiger partial charge in [0.15, 0.2) is 0 Å². The van der Waals surface area contributed by atoms with E-state index in [1.807, 2.05) is 12.1 Å². The number of rotatable bonds is 9. The molecular formula is C17H23ClN6O6S2. The molecule has 2 heterocycles. The minimum absolute atomic E-state index is 0.0696. The first kappa shape index (κ1) is 24.6. The van der Waals surface area contributed by atoms with Crippen molar-refractivity contribution in [2.75, 3.05) is 31.6 Å². The van der Waals surface area contributed by atoms with Gasteiger partial charge in [-0.05, 0) is 42.4 Å². The molecular weight excluding hydrogens is 484 g/mol. The van der Waals surface area contributed by atoms with Gasteiger partial charge in [0.2, 0.25) is 12.5 Å². The molecule has 1 spiro atoms. The molecule has 0 aliphatic carbocycles. The van der Waals surface area contributed by atoms with Crippen LogP contribution in [-0.2, 0) is 9.63 Å². The summed E-state index contributed by atoms with van der Waals surface area (Å²) in [5.74, 6) is -0.836. The fraction of sp³-hybridized carbons (Fsp3) is 0.588. The normalized spacial score (nSPS) is 17.9. The summed E-state index contributed by atoms with van der Waals surface area (Å²) in [7, 11) is 0. The smallest absolute Gasteiger partial charge is 0.294 e. The molecule has 176 valence electrons. The first-order chi connectivity index (χ1) is 15.2. The second kappa shape index (κ2) is 10.7. The number of piperidine rings is 1. The molecule has 3 rings (SSSR count). The van der Waals surface area contributed by atoms with Gasteiger partial charge in [0.1, 0.15) is 12.3 Å². The maximum atomic E-state index is 12.6. The highest BCUT2D eigenvalue weighted by molar-refractivity contribution is 7.98. The zero-order valence-electron chi connectivity index (χ0n) is 17.0. The Morgan fingerprint density at radius 3 is 2.72 bits per heavy atom. The second-order valence-corrected chi connectivity index (χ2v) is 9.56. The fourth-order valence-corrected chi connectivity index (χ4v) is 5.38. The van der Waals surface area contributed by atoms with Gasteiger partial charge in [0.05, 0.1) is 10.7 Å². The predicted molar refractivity (Wildman–Crippen MR) is 120 cm³/mol. The number of nitro groups is 1. The molecule has 0 saturated carbocycles. The predicted octanol–water partition coefficient (Wildman–Crippen LogP) is 2.53. The van der Waals surface area contributed by atoms with Crippen LogP contribution in [0.3, 0.4) is 0 Å². The van der Waals surface area contributed by atoms with E-state index in [1.165, 1.54) is 11.9 Å². The number of hydrogen-bond donors (Lipinski definition) is 3. The first-order valence-electron chi connectivity index (χ1n) is 9.81. The molecule has 2 aliphatic heterocycles. The molecule has 32 heavy (non-hydrogen) atoms. The monoisotopic (exact) mass is 506 g/mol. The Hall–Kier alpha value is -2.00. The van der Waals surface area contributed by atoms with E-state index in [0.717, 1.165) is 27.4 Å². The Bertz CT molecular complexity index is 885. The third kappa shape index (κ3) is 6.28. The van der Waals surface area contributed by atoms with E-state index in [-0.39, 0.29) is 24.4 Å². The van der Waals surface area contributed by atoms with Crippen LogP contribution in [0.1, 0.15) is 25.7 Å². The van der Waals surface area contributed by atoms with Crippen LogP contribution in [0.25, 0.3) is 0 Å². The van der Waals surface area contributed by atoms with E-state index in [4.69, 9.17) is 16.7 Å². The number of carbonyl (C=O) groups excluding carboxylic acids is 1. The quantitative estimate of drug-likeness (QED) is 0.256. The molecule has 1 amide bonds. The minimum Gasteiger partial charge on any atom is -0.365 e. The van der Waals surface area contributed by atoms with E-state index in [0.29, 0.717) is 31.0 Å². The first-order valence-corrected chi connectivity index (χ1v) is 11.9. The maximum absolute atomic E-state index is 12.6. The molecule has 1 unspecified atom stereocenters. The maximum Gasteiger partial charge on any atom is 0.294 e. The molecule has 1 atom stereocenters. The fourth-order valence-electron chi connectivity index (χ4n) is 3.70. The van der Waals surface area contributed by atoms with E-state index in [1.54, 1.807) is 4.90 Å². The van der Waals surface area contributed by atoms with Crippen molar-refractivity contribution in [2.24, 2.45) is 11.1 Å². The van der Waals surface area contributed by atoms with Gasteiger partial charge in [-0.25, -0.2) is 4.72 Å². The number of nitrogens with one attached hydrogen (secondary N) is 2.